The van der Waals surface area contributed by atoms with Crippen LogP contribution in [-0.2, 0) is 9.53 Å². The minimum atomic E-state index is -0.144. The van der Waals surface area contributed by atoms with Crippen LogP contribution in [-0.4, -0.2) is 38.1 Å². The van der Waals surface area contributed by atoms with E-state index in [1.54, 1.807) is 0 Å². The summed E-state index contributed by atoms with van der Waals surface area (Å²) in [6.45, 7) is 4.13. The Hall–Kier alpha value is -0.570. The molecular weight excluding hydrogens is 154 g/mol. The first-order valence-electron chi connectivity index (χ1n) is 4.28. The van der Waals surface area contributed by atoms with Gasteiger partial charge in [-0.05, 0) is 20.0 Å². The SMILES string of the molecule is CCC(C)C(C(=O)OC)N(C)C. The standard InChI is InChI=1S/C9H19NO2/c1-6-7(2)8(10(3)4)9(11)12-5/h7-8H,6H2,1-5H3. The first-order valence-corrected chi connectivity index (χ1v) is 4.28. The van der Waals surface area contributed by atoms with Gasteiger partial charge in [0.25, 0.3) is 0 Å². The Balaban J connectivity index is 4.32. The third-order valence-electron chi connectivity index (χ3n) is 2.18. The van der Waals surface area contributed by atoms with Gasteiger partial charge in [-0.15, -0.1) is 0 Å². The summed E-state index contributed by atoms with van der Waals surface area (Å²) in [6.07, 6.45) is 0.984. The highest BCUT2D eigenvalue weighted by Gasteiger charge is 2.26. The van der Waals surface area contributed by atoms with E-state index in [1.165, 1.54) is 7.11 Å². The fourth-order valence-electron chi connectivity index (χ4n) is 1.30. The van der Waals surface area contributed by atoms with E-state index in [4.69, 9.17) is 4.74 Å². The van der Waals surface area contributed by atoms with Crippen LogP contribution >= 0.6 is 0 Å². The van der Waals surface area contributed by atoms with Crippen LogP contribution in [0, 0.1) is 5.92 Å². The molecule has 3 heteroatoms. The highest BCUT2D eigenvalue weighted by atomic mass is 16.5. The predicted octanol–water partition coefficient (Wildman–Crippen LogP) is 1.14. The summed E-state index contributed by atoms with van der Waals surface area (Å²) >= 11 is 0. The Morgan fingerprint density at radius 3 is 2.25 bits per heavy atom. The van der Waals surface area contributed by atoms with E-state index in [-0.39, 0.29) is 12.0 Å². The smallest absolute Gasteiger partial charge is 0.323 e. The number of hydrogen-bond donors (Lipinski definition) is 0. The van der Waals surface area contributed by atoms with Crippen molar-refractivity contribution in [2.45, 2.75) is 26.3 Å². The molecule has 3 nitrogen and oxygen atoms in total. The molecule has 0 saturated heterocycles. The molecule has 0 fully saturated rings. The first-order chi connectivity index (χ1) is 5.54. The zero-order valence-corrected chi connectivity index (χ0v) is 8.63. The van der Waals surface area contributed by atoms with Crippen molar-refractivity contribution in [3.8, 4) is 0 Å². The molecule has 0 rings (SSSR count). The number of nitrogens with zero attached hydrogens (tertiary/aromatic N) is 1. The second-order valence-corrected chi connectivity index (χ2v) is 3.32. The fraction of sp³-hybridized carbons (Fsp3) is 0.889. The van der Waals surface area contributed by atoms with Crippen LogP contribution in [0.4, 0.5) is 0 Å². The summed E-state index contributed by atoms with van der Waals surface area (Å²) in [5.41, 5.74) is 0. The van der Waals surface area contributed by atoms with Crippen molar-refractivity contribution < 1.29 is 9.53 Å². The van der Waals surface area contributed by atoms with E-state index in [9.17, 15) is 4.79 Å². The van der Waals surface area contributed by atoms with Crippen molar-refractivity contribution in [1.82, 2.24) is 4.90 Å². The average molecular weight is 173 g/mol. The number of hydrogen-bond acceptors (Lipinski definition) is 3. The molecule has 0 heterocycles. The van der Waals surface area contributed by atoms with E-state index in [2.05, 4.69) is 13.8 Å². The molecule has 0 aliphatic heterocycles. The molecule has 0 bridgehead atoms. The summed E-state index contributed by atoms with van der Waals surface area (Å²) < 4.78 is 4.72. The van der Waals surface area contributed by atoms with Crippen LogP contribution in [0.3, 0.4) is 0 Å². The minimum Gasteiger partial charge on any atom is -0.468 e. The lowest BCUT2D eigenvalue weighted by atomic mass is 9.98. The van der Waals surface area contributed by atoms with Crippen molar-refractivity contribution >= 4 is 5.97 Å². The number of methoxy groups -OCH3 is 1. The highest BCUT2D eigenvalue weighted by molar-refractivity contribution is 5.75. The van der Waals surface area contributed by atoms with E-state index < -0.39 is 0 Å². The van der Waals surface area contributed by atoms with Gasteiger partial charge in [0.2, 0.25) is 0 Å². The van der Waals surface area contributed by atoms with Gasteiger partial charge < -0.3 is 4.74 Å². The Bertz CT molecular complexity index is 145. The van der Waals surface area contributed by atoms with Gasteiger partial charge in [-0.25, -0.2) is 0 Å². The quantitative estimate of drug-likeness (QED) is 0.597. The summed E-state index contributed by atoms with van der Waals surface area (Å²) in [5.74, 6) is 0.196. The molecule has 0 aliphatic carbocycles. The van der Waals surface area contributed by atoms with Crippen molar-refractivity contribution in [2.75, 3.05) is 21.2 Å². The van der Waals surface area contributed by atoms with Crippen LogP contribution in [0.2, 0.25) is 0 Å². The normalized spacial score (nSPS) is 15.8. The summed E-state index contributed by atoms with van der Waals surface area (Å²) in [7, 11) is 5.22. The monoisotopic (exact) mass is 173 g/mol. The Labute approximate surface area is 74.7 Å². The molecule has 72 valence electrons. The van der Waals surface area contributed by atoms with Gasteiger partial charge in [-0.1, -0.05) is 20.3 Å². The lowest BCUT2D eigenvalue weighted by molar-refractivity contribution is -0.147. The lowest BCUT2D eigenvalue weighted by Crippen LogP contribution is -2.41. The fourth-order valence-corrected chi connectivity index (χ4v) is 1.30. The second-order valence-electron chi connectivity index (χ2n) is 3.32. The van der Waals surface area contributed by atoms with Crippen molar-refractivity contribution in [1.29, 1.82) is 0 Å². The van der Waals surface area contributed by atoms with Crippen molar-refractivity contribution in [3.63, 3.8) is 0 Å². The molecule has 0 amide bonds. The summed E-state index contributed by atoms with van der Waals surface area (Å²) in [6, 6.07) is -0.111. The predicted molar refractivity (Wildman–Crippen MR) is 48.9 cm³/mol. The third-order valence-corrected chi connectivity index (χ3v) is 2.18. The van der Waals surface area contributed by atoms with Crippen LogP contribution in [0.1, 0.15) is 20.3 Å². The Morgan fingerprint density at radius 2 is 2.00 bits per heavy atom. The maximum absolute atomic E-state index is 11.3. The lowest BCUT2D eigenvalue weighted by Gasteiger charge is -2.26. The molecular formula is C9H19NO2. The van der Waals surface area contributed by atoms with Gasteiger partial charge in [0.1, 0.15) is 6.04 Å². The minimum absolute atomic E-state index is 0.111. The molecule has 2 atom stereocenters. The number of likely N-dealkylation sites (N-methyl/N-ethyl adjacent to an activating group) is 1. The van der Waals surface area contributed by atoms with E-state index in [1.807, 2.05) is 19.0 Å². The number of esters is 1. The largest absolute Gasteiger partial charge is 0.468 e. The van der Waals surface area contributed by atoms with Crippen LogP contribution in [0.5, 0.6) is 0 Å². The number of rotatable bonds is 4. The van der Waals surface area contributed by atoms with Crippen molar-refractivity contribution in [3.05, 3.63) is 0 Å². The Kier molecular flexibility index (Phi) is 4.90. The zero-order valence-electron chi connectivity index (χ0n) is 8.63. The first kappa shape index (κ1) is 11.4. The molecule has 0 aliphatic rings. The molecule has 0 N–H and O–H groups in total. The molecule has 0 saturated carbocycles. The maximum Gasteiger partial charge on any atom is 0.323 e. The molecule has 0 spiro atoms. The van der Waals surface area contributed by atoms with Gasteiger partial charge in [0.15, 0.2) is 0 Å². The van der Waals surface area contributed by atoms with Crippen molar-refractivity contribution in [2.24, 2.45) is 5.92 Å². The van der Waals surface area contributed by atoms with Gasteiger partial charge in [0, 0.05) is 0 Å². The van der Waals surface area contributed by atoms with E-state index >= 15 is 0 Å². The number of carbonyl (C=O) groups is 1. The topological polar surface area (TPSA) is 29.5 Å². The maximum atomic E-state index is 11.3. The van der Waals surface area contributed by atoms with Crippen LogP contribution < -0.4 is 0 Å². The summed E-state index contributed by atoms with van der Waals surface area (Å²) in [4.78, 5) is 13.2. The molecule has 0 radical (unpaired) electrons. The molecule has 2 unspecified atom stereocenters. The molecule has 0 aromatic carbocycles. The average Bonchev–Trinajstić information content (AvgIpc) is 2.03. The van der Waals surface area contributed by atoms with E-state index in [0.717, 1.165) is 6.42 Å². The number of ether oxygens (including phenoxy) is 1. The van der Waals surface area contributed by atoms with Gasteiger partial charge >= 0.3 is 5.97 Å². The van der Waals surface area contributed by atoms with Gasteiger partial charge in [-0.3, -0.25) is 9.69 Å². The van der Waals surface area contributed by atoms with Gasteiger partial charge in [-0.2, -0.15) is 0 Å². The number of carbonyl (C=O) groups excluding carboxylic acids is 1. The molecule has 0 aromatic heterocycles. The van der Waals surface area contributed by atoms with Gasteiger partial charge in [0.05, 0.1) is 7.11 Å². The Morgan fingerprint density at radius 1 is 1.50 bits per heavy atom. The van der Waals surface area contributed by atoms with E-state index in [0.29, 0.717) is 5.92 Å². The highest BCUT2D eigenvalue weighted by Crippen LogP contribution is 2.13. The molecule has 12 heavy (non-hydrogen) atoms. The third kappa shape index (κ3) is 2.81. The summed E-state index contributed by atoms with van der Waals surface area (Å²) in [5, 5.41) is 0. The second kappa shape index (κ2) is 5.14. The van der Waals surface area contributed by atoms with Crippen LogP contribution in [0.15, 0.2) is 0 Å². The zero-order chi connectivity index (χ0) is 9.72. The van der Waals surface area contributed by atoms with Crippen LogP contribution in [0.25, 0.3) is 0 Å². The molecule has 0 aromatic rings.